The number of benzene rings is 1. The lowest BCUT2D eigenvalue weighted by Crippen LogP contribution is -2.27. The van der Waals surface area contributed by atoms with Gasteiger partial charge in [0.25, 0.3) is 11.8 Å². The van der Waals surface area contributed by atoms with Crippen LogP contribution in [0, 0.1) is 6.92 Å². The summed E-state index contributed by atoms with van der Waals surface area (Å²) >= 11 is 1.63. The normalized spacial score (nSPS) is 13.5. The van der Waals surface area contributed by atoms with Gasteiger partial charge in [0.15, 0.2) is 5.65 Å². The van der Waals surface area contributed by atoms with Gasteiger partial charge in [0.1, 0.15) is 0 Å². The fraction of sp³-hybridized carbons (Fsp3) is 0.280. The molecule has 5 rings (SSSR count). The summed E-state index contributed by atoms with van der Waals surface area (Å²) in [6, 6.07) is 13.3. The van der Waals surface area contributed by atoms with Gasteiger partial charge in [0.05, 0.1) is 39.0 Å². The minimum absolute atomic E-state index is 0.0954. The number of pyridine rings is 1. The SMILES string of the molecule is Cc1ccc(-c2cc(C(=O)Nc3ccccc3C(=O)NC3CC3)c3cnn(C(C)C)c3n2)s1. The van der Waals surface area contributed by atoms with E-state index in [1.807, 2.05) is 49.7 Å². The van der Waals surface area contributed by atoms with Crippen molar-refractivity contribution in [2.45, 2.75) is 45.7 Å². The van der Waals surface area contributed by atoms with Crippen LogP contribution in [0.3, 0.4) is 0 Å². The Bertz CT molecular complexity index is 1370. The van der Waals surface area contributed by atoms with Crippen LogP contribution in [0.15, 0.2) is 48.7 Å². The molecule has 8 heteroatoms. The smallest absolute Gasteiger partial charge is 0.256 e. The van der Waals surface area contributed by atoms with Crippen LogP contribution >= 0.6 is 11.3 Å². The van der Waals surface area contributed by atoms with E-state index >= 15 is 0 Å². The van der Waals surface area contributed by atoms with Gasteiger partial charge >= 0.3 is 0 Å². The molecule has 3 aromatic heterocycles. The first-order valence-corrected chi connectivity index (χ1v) is 11.9. The molecule has 0 atom stereocenters. The molecule has 1 aromatic carbocycles. The Morgan fingerprint density at radius 1 is 1.09 bits per heavy atom. The van der Waals surface area contributed by atoms with E-state index in [1.165, 1.54) is 4.88 Å². The number of fused-ring (bicyclic) bond motifs is 1. The summed E-state index contributed by atoms with van der Waals surface area (Å²) in [5.74, 6) is -0.470. The summed E-state index contributed by atoms with van der Waals surface area (Å²) < 4.78 is 1.83. The lowest BCUT2D eigenvalue weighted by molar-refractivity contribution is 0.0952. The number of nitrogens with one attached hydrogen (secondary N) is 2. The molecule has 0 bridgehead atoms. The van der Waals surface area contributed by atoms with Crippen LogP contribution in [0.4, 0.5) is 5.69 Å². The van der Waals surface area contributed by atoms with Gasteiger partial charge in [-0.3, -0.25) is 9.59 Å². The number of aryl methyl sites for hydroxylation is 1. The summed E-state index contributed by atoms with van der Waals surface area (Å²) in [6.07, 6.45) is 3.69. The predicted octanol–water partition coefficient (Wildman–Crippen LogP) is 5.19. The minimum atomic E-state index is -0.299. The number of para-hydroxylation sites is 1. The van der Waals surface area contributed by atoms with Gasteiger partial charge in [-0.2, -0.15) is 5.10 Å². The quantitative estimate of drug-likeness (QED) is 0.415. The Morgan fingerprint density at radius 2 is 1.88 bits per heavy atom. The molecule has 1 aliphatic rings. The molecule has 1 aliphatic carbocycles. The van der Waals surface area contributed by atoms with E-state index in [4.69, 9.17) is 4.98 Å². The van der Waals surface area contributed by atoms with Crippen molar-refractivity contribution in [1.29, 1.82) is 0 Å². The summed E-state index contributed by atoms with van der Waals surface area (Å²) in [5, 5.41) is 11.1. The van der Waals surface area contributed by atoms with E-state index in [2.05, 4.69) is 15.7 Å². The van der Waals surface area contributed by atoms with Gasteiger partial charge < -0.3 is 10.6 Å². The van der Waals surface area contributed by atoms with E-state index in [1.54, 1.807) is 35.7 Å². The van der Waals surface area contributed by atoms with Crippen LogP contribution < -0.4 is 10.6 Å². The molecule has 1 saturated carbocycles. The molecular weight excluding hydrogens is 434 g/mol. The number of carbonyl (C=O) groups is 2. The molecule has 0 spiro atoms. The topological polar surface area (TPSA) is 88.9 Å². The maximum atomic E-state index is 13.5. The summed E-state index contributed by atoms with van der Waals surface area (Å²) in [7, 11) is 0. The molecule has 168 valence electrons. The monoisotopic (exact) mass is 459 g/mol. The standard InChI is InChI=1S/C25H25N5O2S/c1-14(2)30-23-19(13-26-30)18(12-21(28-23)22-11-8-15(3)33-22)25(32)29-20-7-5-4-6-17(20)24(31)27-16-9-10-16/h4-8,11-14,16H,9-10H2,1-3H3,(H,27,31)(H,29,32). The van der Waals surface area contributed by atoms with Gasteiger partial charge in [-0.1, -0.05) is 12.1 Å². The van der Waals surface area contributed by atoms with Gasteiger partial charge in [-0.05, 0) is 63.9 Å². The molecular formula is C25H25N5O2S. The maximum absolute atomic E-state index is 13.5. The zero-order chi connectivity index (χ0) is 23.1. The third-order valence-electron chi connectivity index (χ3n) is 5.63. The van der Waals surface area contributed by atoms with Crippen molar-refractivity contribution in [2.75, 3.05) is 5.32 Å². The Hall–Kier alpha value is -3.52. The number of rotatable bonds is 6. The number of carbonyl (C=O) groups excluding carboxylic acids is 2. The van der Waals surface area contributed by atoms with Gasteiger partial charge in [0.2, 0.25) is 0 Å². The number of hydrogen-bond acceptors (Lipinski definition) is 5. The summed E-state index contributed by atoms with van der Waals surface area (Å²) in [4.78, 5) is 33.2. The van der Waals surface area contributed by atoms with Crippen molar-refractivity contribution in [1.82, 2.24) is 20.1 Å². The molecule has 0 radical (unpaired) electrons. The average molecular weight is 460 g/mol. The zero-order valence-electron chi connectivity index (χ0n) is 18.8. The van der Waals surface area contributed by atoms with E-state index in [0.717, 1.165) is 23.4 Å². The lowest BCUT2D eigenvalue weighted by atomic mass is 10.1. The van der Waals surface area contributed by atoms with Crippen molar-refractivity contribution in [3.8, 4) is 10.6 Å². The Morgan fingerprint density at radius 3 is 2.58 bits per heavy atom. The van der Waals surface area contributed by atoms with Crippen LogP contribution in [0.5, 0.6) is 0 Å². The van der Waals surface area contributed by atoms with Crippen molar-refractivity contribution in [3.05, 3.63) is 64.7 Å². The molecule has 3 heterocycles. The van der Waals surface area contributed by atoms with Crippen LogP contribution in [0.25, 0.3) is 21.6 Å². The molecule has 0 aliphatic heterocycles. The van der Waals surface area contributed by atoms with Crippen LogP contribution in [-0.4, -0.2) is 32.6 Å². The number of anilines is 1. The van der Waals surface area contributed by atoms with Gasteiger partial charge in [-0.25, -0.2) is 9.67 Å². The number of aromatic nitrogens is 3. The van der Waals surface area contributed by atoms with Gasteiger partial charge in [-0.15, -0.1) is 11.3 Å². The minimum Gasteiger partial charge on any atom is -0.349 e. The first kappa shape index (κ1) is 21.3. The Balaban J connectivity index is 1.55. The molecule has 33 heavy (non-hydrogen) atoms. The lowest BCUT2D eigenvalue weighted by Gasteiger charge is -2.13. The number of hydrogen-bond donors (Lipinski definition) is 2. The number of thiophene rings is 1. The van der Waals surface area contributed by atoms with Crippen molar-refractivity contribution in [3.63, 3.8) is 0 Å². The molecule has 7 nitrogen and oxygen atoms in total. The zero-order valence-corrected chi connectivity index (χ0v) is 19.6. The second-order valence-corrected chi connectivity index (χ2v) is 9.92. The number of nitrogens with zero attached hydrogens (tertiary/aromatic N) is 3. The molecule has 0 saturated heterocycles. The first-order chi connectivity index (χ1) is 15.9. The van der Waals surface area contributed by atoms with Gasteiger partial charge in [0, 0.05) is 17.0 Å². The third kappa shape index (κ3) is 4.26. The van der Waals surface area contributed by atoms with E-state index in [0.29, 0.717) is 27.8 Å². The van der Waals surface area contributed by atoms with Crippen molar-refractivity contribution >= 4 is 39.9 Å². The second-order valence-electron chi connectivity index (χ2n) is 8.63. The van der Waals surface area contributed by atoms with Crippen molar-refractivity contribution < 1.29 is 9.59 Å². The first-order valence-electron chi connectivity index (χ1n) is 11.1. The second kappa shape index (κ2) is 8.44. The van der Waals surface area contributed by atoms with Crippen LogP contribution in [-0.2, 0) is 0 Å². The Labute approximate surface area is 195 Å². The average Bonchev–Trinajstić information content (AvgIpc) is 3.32. The highest BCUT2D eigenvalue weighted by Gasteiger charge is 2.25. The highest BCUT2D eigenvalue weighted by molar-refractivity contribution is 7.15. The van der Waals surface area contributed by atoms with Crippen molar-refractivity contribution in [2.24, 2.45) is 0 Å². The van der Waals surface area contributed by atoms with Crippen LogP contribution in [0.1, 0.15) is 58.3 Å². The third-order valence-corrected chi connectivity index (χ3v) is 6.65. The highest BCUT2D eigenvalue weighted by Crippen LogP contribution is 2.31. The molecule has 2 amide bonds. The highest BCUT2D eigenvalue weighted by atomic mass is 32.1. The molecule has 0 unspecified atom stereocenters. The van der Waals surface area contributed by atoms with Crippen LogP contribution in [0.2, 0.25) is 0 Å². The predicted molar refractivity (Wildman–Crippen MR) is 131 cm³/mol. The maximum Gasteiger partial charge on any atom is 0.256 e. The van der Waals surface area contributed by atoms with E-state index < -0.39 is 0 Å². The fourth-order valence-electron chi connectivity index (χ4n) is 3.75. The van der Waals surface area contributed by atoms with E-state index in [-0.39, 0.29) is 23.9 Å². The number of amides is 2. The molecule has 2 N–H and O–H groups in total. The summed E-state index contributed by atoms with van der Waals surface area (Å²) in [5.41, 5.74) is 2.81. The van der Waals surface area contributed by atoms with E-state index in [9.17, 15) is 9.59 Å². The molecule has 4 aromatic rings. The summed E-state index contributed by atoms with van der Waals surface area (Å²) in [6.45, 7) is 6.11. The largest absolute Gasteiger partial charge is 0.349 e. The molecule has 1 fully saturated rings. The Kier molecular flexibility index (Phi) is 5.46. The fourth-order valence-corrected chi connectivity index (χ4v) is 4.58.